The Morgan fingerprint density at radius 3 is 2.50 bits per heavy atom. The van der Waals surface area contributed by atoms with E-state index in [2.05, 4.69) is 10.3 Å². The van der Waals surface area contributed by atoms with Gasteiger partial charge in [0.1, 0.15) is 16.4 Å². The van der Waals surface area contributed by atoms with Crippen molar-refractivity contribution in [2.24, 2.45) is 0 Å². The number of rotatable bonds is 6. The van der Waals surface area contributed by atoms with E-state index in [0.29, 0.717) is 23.9 Å². The summed E-state index contributed by atoms with van der Waals surface area (Å²) in [5.74, 6) is -0.882. The second kappa shape index (κ2) is 9.22. The average molecular weight is 495 g/mol. The SMILES string of the molecule is CSc1ncc(C(=O)Nc2ccc(Cl)c(S(=O)(=O)N3CCCC3)c2)n1-c1ccc(F)cc1. The molecule has 2 aromatic carbocycles. The molecule has 4 rings (SSSR count). The largest absolute Gasteiger partial charge is 0.321 e. The first-order valence-electron chi connectivity index (χ1n) is 9.80. The molecule has 0 bridgehead atoms. The maximum absolute atomic E-state index is 13.4. The van der Waals surface area contributed by atoms with E-state index in [4.69, 9.17) is 11.6 Å². The molecule has 0 aliphatic carbocycles. The van der Waals surface area contributed by atoms with Gasteiger partial charge in [0.15, 0.2) is 5.16 Å². The molecule has 0 saturated carbocycles. The summed E-state index contributed by atoms with van der Waals surface area (Å²) < 4.78 is 42.3. The van der Waals surface area contributed by atoms with E-state index >= 15 is 0 Å². The van der Waals surface area contributed by atoms with Gasteiger partial charge in [-0.05, 0) is 61.6 Å². The molecule has 11 heteroatoms. The van der Waals surface area contributed by atoms with E-state index in [9.17, 15) is 17.6 Å². The predicted molar refractivity (Wildman–Crippen MR) is 123 cm³/mol. The average Bonchev–Trinajstić information content (AvgIpc) is 3.46. The van der Waals surface area contributed by atoms with Crippen LogP contribution in [0.3, 0.4) is 0 Å². The maximum Gasteiger partial charge on any atom is 0.274 e. The molecular weight excluding hydrogens is 475 g/mol. The number of carbonyl (C=O) groups excluding carboxylic acids is 1. The van der Waals surface area contributed by atoms with Crippen LogP contribution in [-0.4, -0.2) is 47.5 Å². The first-order chi connectivity index (χ1) is 15.3. The van der Waals surface area contributed by atoms with Gasteiger partial charge in [0.05, 0.1) is 11.2 Å². The third-order valence-electron chi connectivity index (χ3n) is 5.10. The summed E-state index contributed by atoms with van der Waals surface area (Å²) in [5, 5.41) is 3.37. The van der Waals surface area contributed by atoms with E-state index < -0.39 is 21.7 Å². The molecule has 1 saturated heterocycles. The number of benzene rings is 2. The zero-order valence-electron chi connectivity index (χ0n) is 17.1. The minimum absolute atomic E-state index is 0.0456. The minimum Gasteiger partial charge on any atom is -0.321 e. The van der Waals surface area contributed by atoms with Gasteiger partial charge in [-0.25, -0.2) is 17.8 Å². The summed E-state index contributed by atoms with van der Waals surface area (Å²) in [4.78, 5) is 17.3. The number of hydrogen-bond acceptors (Lipinski definition) is 5. The van der Waals surface area contributed by atoms with Crippen molar-refractivity contribution in [2.45, 2.75) is 22.9 Å². The molecule has 0 radical (unpaired) electrons. The Balaban J connectivity index is 1.66. The second-order valence-corrected chi connectivity index (χ2v) is 10.2. The summed E-state index contributed by atoms with van der Waals surface area (Å²) in [5.41, 5.74) is 1.08. The summed E-state index contributed by atoms with van der Waals surface area (Å²) in [6, 6.07) is 10.1. The molecule has 7 nitrogen and oxygen atoms in total. The molecule has 1 aliphatic rings. The first kappa shape index (κ1) is 22.8. The van der Waals surface area contributed by atoms with Crippen LogP contribution in [0.25, 0.3) is 5.69 Å². The van der Waals surface area contributed by atoms with E-state index in [-0.39, 0.29) is 21.3 Å². The third kappa shape index (κ3) is 4.40. The normalized spacial score (nSPS) is 14.6. The Kier molecular flexibility index (Phi) is 6.57. The number of thioether (sulfide) groups is 1. The molecular formula is C21H20ClFN4O3S2. The molecule has 0 atom stereocenters. The van der Waals surface area contributed by atoms with Crippen LogP contribution in [0.5, 0.6) is 0 Å². The van der Waals surface area contributed by atoms with Crippen molar-refractivity contribution < 1.29 is 17.6 Å². The monoisotopic (exact) mass is 494 g/mol. The fourth-order valence-corrected chi connectivity index (χ4v) is 6.08. The van der Waals surface area contributed by atoms with Gasteiger partial charge in [0.2, 0.25) is 10.0 Å². The van der Waals surface area contributed by atoms with Crippen LogP contribution in [-0.2, 0) is 10.0 Å². The number of anilines is 1. The molecule has 1 fully saturated rings. The van der Waals surface area contributed by atoms with E-state index in [1.807, 2.05) is 6.26 Å². The Morgan fingerprint density at radius 2 is 1.84 bits per heavy atom. The molecule has 1 aromatic heterocycles. The highest BCUT2D eigenvalue weighted by Crippen LogP contribution is 2.30. The standard InChI is InChI=1S/C21H20ClFN4O3S2/c1-31-21-24-13-18(27(21)16-7-4-14(23)5-8-16)20(28)25-15-6-9-17(22)19(12-15)32(29,30)26-10-2-3-11-26/h4-9,12-13H,2-3,10-11H2,1H3,(H,25,28). The molecule has 0 unspecified atom stereocenters. The van der Waals surface area contributed by atoms with Crippen LogP contribution in [0.15, 0.2) is 58.7 Å². The Hall–Kier alpha value is -2.40. The Labute approximate surface area is 194 Å². The van der Waals surface area contributed by atoms with Crippen molar-refractivity contribution in [2.75, 3.05) is 24.7 Å². The summed E-state index contributed by atoms with van der Waals surface area (Å²) in [6.07, 6.45) is 4.85. The smallest absolute Gasteiger partial charge is 0.274 e. The van der Waals surface area contributed by atoms with Crippen molar-refractivity contribution in [1.82, 2.24) is 13.9 Å². The van der Waals surface area contributed by atoms with Gasteiger partial charge < -0.3 is 5.32 Å². The number of nitrogens with zero attached hydrogens (tertiary/aromatic N) is 3. The fraction of sp³-hybridized carbons (Fsp3) is 0.238. The molecule has 1 amide bonds. The lowest BCUT2D eigenvalue weighted by Crippen LogP contribution is -2.28. The number of halogens is 2. The quantitative estimate of drug-likeness (QED) is 0.513. The molecule has 32 heavy (non-hydrogen) atoms. The lowest BCUT2D eigenvalue weighted by molar-refractivity contribution is 0.102. The molecule has 1 N–H and O–H groups in total. The van der Waals surface area contributed by atoms with Crippen molar-refractivity contribution in [3.05, 3.63) is 65.2 Å². The number of nitrogens with one attached hydrogen (secondary N) is 1. The summed E-state index contributed by atoms with van der Waals surface area (Å²) in [6.45, 7) is 0.896. The number of sulfonamides is 1. The van der Waals surface area contributed by atoms with E-state index in [1.54, 1.807) is 16.7 Å². The van der Waals surface area contributed by atoms with Crippen LogP contribution in [0.4, 0.5) is 10.1 Å². The fourth-order valence-electron chi connectivity index (χ4n) is 3.52. The molecule has 2 heterocycles. The topological polar surface area (TPSA) is 84.3 Å². The van der Waals surface area contributed by atoms with Crippen LogP contribution in [0.2, 0.25) is 5.02 Å². The van der Waals surface area contributed by atoms with Crippen molar-refractivity contribution in [1.29, 1.82) is 0 Å². The van der Waals surface area contributed by atoms with E-state index in [0.717, 1.165) is 12.8 Å². The van der Waals surface area contributed by atoms with Gasteiger partial charge in [-0.15, -0.1) is 0 Å². The lowest BCUT2D eigenvalue weighted by Gasteiger charge is -2.17. The first-order valence-corrected chi connectivity index (χ1v) is 12.8. The Morgan fingerprint density at radius 1 is 1.16 bits per heavy atom. The number of carbonyl (C=O) groups is 1. The van der Waals surface area contributed by atoms with Crippen LogP contribution in [0.1, 0.15) is 23.3 Å². The number of aromatic nitrogens is 2. The summed E-state index contributed by atoms with van der Waals surface area (Å²) in [7, 11) is -3.75. The predicted octanol–water partition coefficient (Wildman–Crippen LogP) is 4.42. The molecule has 168 valence electrons. The van der Waals surface area contributed by atoms with Gasteiger partial charge in [-0.2, -0.15) is 4.31 Å². The third-order valence-corrected chi connectivity index (χ3v) is 8.13. The van der Waals surface area contributed by atoms with Crippen LogP contribution < -0.4 is 5.32 Å². The zero-order chi connectivity index (χ0) is 22.9. The van der Waals surface area contributed by atoms with Gasteiger partial charge in [-0.1, -0.05) is 23.4 Å². The number of hydrogen-bond donors (Lipinski definition) is 1. The van der Waals surface area contributed by atoms with Crippen LogP contribution >= 0.6 is 23.4 Å². The Bertz CT molecular complexity index is 1260. The van der Waals surface area contributed by atoms with E-state index in [1.165, 1.54) is 52.6 Å². The van der Waals surface area contributed by atoms with Crippen molar-refractivity contribution in [3.63, 3.8) is 0 Å². The maximum atomic E-state index is 13.4. The highest BCUT2D eigenvalue weighted by atomic mass is 35.5. The van der Waals surface area contributed by atoms with Gasteiger partial charge in [-0.3, -0.25) is 9.36 Å². The lowest BCUT2D eigenvalue weighted by atomic mass is 10.3. The highest BCUT2D eigenvalue weighted by molar-refractivity contribution is 7.98. The van der Waals surface area contributed by atoms with Crippen LogP contribution in [0, 0.1) is 5.82 Å². The van der Waals surface area contributed by atoms with Crippen molar-refractivity contribution in [3.8, 4) is 5.69 Å². The highest BCUT2D eigenvalue weighted by Gasteiger charge is 2.29. The number of imidazole rings is 1. The minimum atomic E-state index is -3.75. The second-order valence-electron chi connectivity index (χ2n) is 7.15. The van der Waals surface area contributed by atoms with Gasteiger partial charge in [0.25, 0.3) is 5.91 Å². The number of amides is 1. The molecule has 3 aromatic rings. The van der Waals surface area contributed by atoms with Gasteiger partial charge >= 0.3 is 0 Å². The summed E-state index contributed by atoms with van der Waals surface area (Å²) >= 11 is 7.52. The zero-order valence-corrected chi connectivity index (χ0v) is 19.5. The molecule has 0 spiro atoms. The van der Waals surface area contributed by atoms with Crippen molar-refractivity contribution >= 4 is 45.0 Å². The molecule has 1 aliphatic heterocycles. The van der Waals surface area contributed by atoms with Gasteiger partial charge in [0, 0.05) is 24.5 Å².